The molecule has 1 aromatic carbocycles. The molecule has 0 saturated heterocycles. The number of nitrogens with zero attached hydrogens (tertiary/aromatic N) is 1. The topological polar surface area (TPSA) is 74.2 Å². The van der Waals surface area contributed by atoms with Gasteiger partial charge in [-0.2, -0.15) is 0 Å². The second kappa shape index (κ2) is 5.13. The van der Waals surface area contributed by atoms with Crippen molar-refractivity contribution in [2.24, 2.45) is 0 Å². The predicted molar refractivity (Wildman–Crippen MR) is 79.5 cm³/mol. The lowest BCUT2D eigenvalue weighted by Gasteiger charge is -2.21. The highest BCUT2D eigenvalue weighted by Gasteiger charge is 2.30. The van der Waals surface area contributed by atoms with Crippen LogP contribution >= 0.6 is 11.3 Å². The number of aromatic nitrogens is 1. The quantitative estimate of drug-likeness (QED) is 0.812. The maximum Gasteiger partial charge on any atom is 0.226 e. The minimum absolute atomic E-state index is 0.0424. The van der Waals surface area contributed by atoms with Crippen LogP contribution in [0.4, 0.5) is 10.9 Å². The van der Waals surface area contributed by atoms with Gasteiger partial charge in [-0.3, -0.25) is 4.79 Å². The number of rotatable bonds is 3. The molecule has 0 aliphatic carbocycles. The van der Waals surface area contributed by atoms with E-state index >= 15 is 0 Å². The lowest BCUT2D eigenvalue weighted by Crippen LogP contribution is -2.22. The Morgan fingerprint density at radius 2 is 2.40 bits per heavy atom. The molecule has 0 spiro atoms. The molecule has 6 heteroatoms. The van der Waals surface area contributed by atoms with Gasteiger partial charge in [0, 0.05) is 18.9 Å². The number of carbonyl (C=O) groups is 1. The molecule has 2 aromatic rings. The number of thiazole rings is 1. The molecule has 5 nitrogen and oxygen atoms in total. The van der Waals surface area contributed by atoms with Crippen molar-refractivity contribution in [1.29, 1.82) is 0 Å². The number of carbonyl (C=O) groups excluding carboxylic acids is 1. The van der Waals surface area contributed by atoms with Gasteiger partial charge in [0.15, 0.2) is 5.13 Å². The number of hydrogen-bond acceptors (Lipinski definition) is 5. The fourth-order valence-electron chi connectivity index (χ4n) is 2.36. The molecular weight excluding hydrogens is 274 g/mol. The van der Waals surface area contributed by atoms with Crippen LogP contribution in [0.5, 0.6) is 5.75 Å². The lowest BCUT2D eigenvalue weighted by molar-refractivity contribution is -0.116. The summed E-state index contributed by atoms with van der Waals surface area (Å²) >= 11 is 1.55. The molecule has 1 unspecified atom stereocenters. The monoisotopic (exact) mass is 289 g/mol. The van der Waals surface area contributed by atoms with Crippen LogP contribution in [0.2, 0.25) is 0 Å². The SMILES string of the molecule is CCNc1nc2c(s1)C(c1cccc(O)c1)CC(=O)N2. The van der Waals surface area contributed by atoms with Gasteiger partial charge in [0.2, 0.25) is 5.91 Å². The van der Waals surface area contributed by atoms with Gasteiger partial charge < -0.3 is 15.7 Å². The van der Waals surface area contributed by atoms with E-state index in [2.05, 4.69) is 15.6 Å². The minimum atomic E-state index is -0.0456. The second-order valence-corrected chi connectivity index (χ2v) is 5.69. The molecule has 0 bridgehead atoms. The van der Waals surface area contributed by atoms with Gasteiger partial charge in [-0.05, 0) is 24.6 Å². The lowest BCUT2D eigenvalue weighted by atomic mass is 9.91. The van der Waals surface area contributed by atoms with Crippen LogP contribution < -0.4 is 10.6 Å². The summed E-state index contributed by atoms with van der Waals surface area (Å²) in [5.41, 5.74) is 0.938. The fraction of sp³-hybridized carbons (Fsp3) is 0.286. The highest BCUT2D eigenvalue weighted by molar-refractivity contribution is 7.16. The molecular formula is C14H15N3O2S. The number of nitrogens with one attached hydrogen (secondary N) is 2. The highest BCUT2D eigenvalue weighted by Crippen LogP contribution is 2.42. The first-order valence-corrected chi connectivity index (χ1v) is 7.32. The van der Waals surface area contributed by atoms with Gasteiger partial charge in [0.1, 0.15) is 11.6 Å². The van der Waals surface area contributed by atoms with E-state index in [1.54, 1.807) is 29.5 Å². The molecule has 1 amide bonds. The van der Waals surface area contributed by atoms with Crippen LogP contribution in [0.25, 0.3) is 0 Å². The molecule has 1 atom stereocenters. The number of fused-ring (bicyclic) bond motifs is 1. The van der Waals surface area contributed by atoms with Crippen LogP contribution in [0, 0.1) is 0 Å². The van der Waals surface area contributed by atoms with E-state index in [0.717, 1.165) is 22.1 Å². The predicted octanol–water partition coefficient (Wildman–Crippen LogP) is 2.75. The molecule has 1 aliphatic rings. The summed E-state index contributed by atoms with van der Waals surface area (Å²) in [7, 11) is 0. The van der Waals surface area contributed by atoms with Crippen molar-refractivity contribution in [2.75, 3.05) is 17.2 Å². The van der Waals surface area contributed by atoms with E-state index in [0.29, 0.717) is 12.2 Å². The first-order valence-electron chi connectivity index (χ1n) is 6.50. The third-order valence-corrected chi connectivity index (χ3v) is 4.34. The van der Waals surface area contributed by atoms with Crippen LogP contribution in [0.3, 0.4) is 0 Å². The fourth-order valence-corrected chi connectivity index (χ4v) is 3.47. The first-order chi connectivity index (χ1) is 9.67. The molecule has 3 rings (SSSR count). The maximum atomic E-state index is 11.8. The van der Waals surface area contributed by atoms with Crippen LogP contribution in [0.1, 0.15) is 29.7 Å². The average molecular weight is 289 g/mol. The summed E-state index contributed by atoms with van der Waals surface area (Å²) in [5.74, 6) is 0.761. The highest BCUT2D eigenvalue weighted by atomic mass is 32.1. The Hall–Kier alpha value is -2.08. The molecule has 104 valence electrons. The van der Waals surface area contributed by atoms with Gasteiger partial charge in [-0.1, -0.05) is 23.5 Å². The van der Waals surface area contributed by atoms with Gasteiger partial charge in [-0.25, -0.2) is 4.98 Å². The zero-order chi connectivity index (χ0) is 14.1. The molecule has 0 fully saturated rings. The zero-order valence-corrected chi connectivity index (χ0v) is 11.8. The van der Waals surface area contributed by atoms with E-state index in [-0.39, 0.29) is 17.6 Å². The second-order valence-electron chi connectivity index (χ2n) is 4.66. The van der Waals surface area contributed by atoms with Gasteiger partial charge in [0.25, 0.3) is 0 Å². The summed E-state index contributed by atoms with van der Waals surface area (Å²) in [5, 5.41) is 16.4. The molecule has 3 N–H and O–H groups in total. The normalized spacial score (nSPS) is 17.4. The van der Waals surface area contributed by atoms with Crippen molar-refractivity contribution in [1.82, 2.24) is 4.98 Å². The van der Waals surface area contributed by atoms with E-state index in [4.69, 9.17) is 0 Å². The van der Waals surface area contributed by atoms with Crippen molar-refractivity contribution in [2.45, 2.75) is 19.3 Å². The average Bonchev–Trinajstić information content (AvgIpc) is 2.80. The Morgan fingerprint density at radius 1 is 1.55 bits per heavy atom. The van der Waals surface area contributed by atoms with Crippen molar-refractivity contribution in [3.8, 4) is 5.75 Å². The Balaban J connectivity index is 2.03. The summed E-state index contributed by atoms with van der Waals surface area (Å²) in [6.07, 6.45) is 0.379. The van der Waals surface area contributed by atoms with E-state index in [9.17, 15) is 9.90 Å². The maximum absolute atomic E-state index is 11.8. The first kappa shape index (κ1) is 12.9. The van der Waals surface area contributed by atoms with E-state index in [1.165, 1.54) is 0 Å². The third kappa shape index (κ3) is 2.34. The molecule has 2 heterocycles. The zero-order valence-electron chi connectivity index (χ0n) is 11.0. The summed E-state index contributed by atoms with van der Waals surface area (Å²) in [4.78, 5) is 17.3. The van der Waals surface area contributed by atoms with Crippen molar-refractivity contribution in [3.63, 3.8) is 0 Å². The standard InChI is InChI=1S/C14H15N3O2S/c1-2-15-14-17-13-12(20-14)10(7-11(19)16-13)8-4-3-5-9(18)6-8/h3-6,10,18H,2,7H2,1H3,(H,15,17)(H,16,19). The molecule has 1 aliphatic heterocycles. The van der Waals surface area contributed by atoms with Crippen molar-refractivity contribution < 1.29 is 9.90 Å². The van der Waals surface area contributed by atoms with Gasteiger partial charge in [-0.15, -0.1) is 0 Å². The van der Waals surface area contributed by atoms with Crippen LogP contribution in [-0.4, -0.2) is 22.5 Å². The minimum Gasteiger partial charge on any atom is -0.508 e. The summed E-state index contributed by atoms with van der Waals surface area (Å²) < 4.78 is 0. The number of anilines is 2. The number of phenolic OH excluding ortho intramolecular Hbond substituents is 1. The molecule has 1 aromatic heterocycles. The van der Waals surface area contributed by atoms with E-state index < -0.39 is 0 Å². The van der Waals surface area contributed by atoms with Gasteiger partial charge >= 0.3 is 0 Å². The van der Waals surface area contributed by atoms with Crippen LogP contribution in [0.15, 0.2) is 24.3 Å². The Bertz CT molecular complexity index is 654. The number of aromatic hydroxyl groups is 1. The largest absolute Gasteiger partial charge is 0.508 e. The summed E-state index contributed by atoms with van der Waals surface area (Å²) in [6.45, 7) is 2.79. The van der Waals surface area contributed by atoms with Crippen molar-refractivity contribution >= 4 is 28.2 Å². The third-order valence-electron chi connectivity index (χ3n) is 3.22. The molecule has 0 saturated carbocycles. The number of amides is 1. The summed E-state index contributed by atoms with van der Waals surface area (Å²) in [6, 6.07) is 7.06. The molecule has 20 heavy (non-hydrogen) atoms. The number of phenols is 1. The molecule has 0 radical (unpaired) electrons. The van der Waals surface area contributed by atoms with Gasteiger partial charge in [0.05, 0.1) is 4.88 Å². The van der Waals surface area contributed by atoms with Crippen LogP contribution in [-0.2, 0) is 4.79 Å². The smallest absolute Gasteiger partial charge is 0.226 e. The number of hydrogen-bond donors (Lipinski definition) is 3. The Morgan fingerprint density at radius 3 is 3.15 bits per heavy atom. The van der Waals surface area contributed by atoms with Crippen molar-refractivity contribution in [3.05, 3.63) is 34.7 Å². The Labute approximate surface area is 120 Å². The number of benzene rings is 1. The Kier molecular flexibility index (Phi) is 3.31. The van der Waals surface area contributed by atoms with E-state index in [1.807, 2.05) is 13.0 Å².